The van der Waals surface area contributed by atoms with Crippen LogP contribution in [0.4, 0.5) is 5.69 Å². The molecule has 4 nitrogen and oxygen atoms in total. The van der Waals surface area contributed by atoms with Crippen LogP contribution in [0.25, 0.3) is 0 Å². The number of rotatable bonds is 6. The molecule has 2 aromatic carbocycles. The van der Waals surface area contributed by atoms with Crippen LogP contribution in [0.3, 0.4) is 0 Å². The Balaban J connectivity index is 1.73. The SMILES string of the molecule is CCOc1cc2c(cc1NC(=O)C[C@@H](C)c1ccccc1)O[C@@H](C)C2. The van der Waals surface area contributed by atoms with Gasteiger partial charge < -0.3 is 14.8 Å². The largest absolute Gasteiger partial charge is 0.492 e. The highest BCUT2D eigenvalue weighted by atomic mass is 16.5. The molecule has 2 aromatic rings. The number of carbonyl (C=O) groups excluding carboxylic acids is 1. The number of amides is 1. The molecule has 1 N–H and O–H groups in total. The topological polar surface area (TPSA) is 47.6 Å². The molecule has 1 aliphatic rings. The van der Waals surface area contributed by atoms with Crippen molar-refractivity contribution in [3.8, 4) is 11.5 Å². The summed E-state index contributed by atoms with van der Waals surface area (Å²) in [7, 11) is 0. The zero-order chi connectivity index (χ0) is 17.8. The Bertz CT molecular complexity index is 742. The Hall–Kier alpha value is -2.49. The molecule has 1 amide bonds. The fourth-order valence-corrected chi connectivity index (χ4v) is 3.19. The lowest BCUT2D eigenvalue weighted by Crippen LogP contribution is -2.15. The fraction of sp³-hybridized carbons (Fsp3) is 0.381. The highest BCUT2D eigenvalue weighted by Gasteiger charge is 2.23. The lowest BCUT2D eigenvalue weighted by atomic mass is 9.97. The summed E-state index contributed by atoms with van der Waals surface area (Å²) in [6.45, 7) is 6.60. The van der Waals surface area contributed by atoms with E-state index >= 15 is 0 Å². The molecule has 1 heterocycles. The first-order chi connectivity index (χ1) is 12.1. The van der Waals surface area contributed by atoms with E-state index < -0.39 is 0 Å². The van der Waals surface area contributed by atoms with Crippen LogP contribution < -0.4 is 14.8 Å². The molecule has 132 valence electrons. The van der Waals surface area contributed by atoms with E-state index in [2.05, 4.69) is 12.2 Å². The number of anilines is 1. The molecular formula is C21H25NO3. The third-order valence-electron chi connectivity index (χ3n) is 4.43. The van der Waals surface area contributed by atoms with Gasteiger partial charge >= 0.3 is 0 Å². The van der Waals surface area contributed by atoms with Crippen molar-refractivity contribution in [1.82, 2.24) is 0 Å². The van der Waals surface area contributed by atoms with Gasteiger partial charge in [0.25, 0.3) is 0 Å². The average molecular weight is 339 g/mol. The minimum Gasteiger partial charge on any atom is -0.492 e. The van der Waals surface area contributed by atoms with Gasteiger partial charge in [-0.2, -0.15) is 0 Å². The zero-order valence-electron chi connectivity index (χ0n) is 15.0. The van der Waals surface area contributed by atoms with Gasteiger partial charge in [-0.25, -0.2) is 0 Å². The lowest BCUT2D eigenvalue weighted by Gasteiger charge is -2.15. The molecule has 0 radical (unpaired) electrons. The van der Waals surface area contributed by atoms with Crippen LogP contribution >= 0.6 is 0 Å². The van der Waals surface area contributed by atoms with Crippen molar-refractivity contribution in [2.45, 2.75) is 45.6 Å². The van der Waals surface area contributed by atoms with Gasteiger partial charge in [-0.15, -0.1) is 0 Å². The maximum Gasteiger partial charge on any atom is 0.225 e. The van der Waals surface area contributed by atoms with Gasteiger partial charge in [-0.3, -0.25) is 4.79 Å². The number of nitrogens with one attached hydrogen (secondary N) is 1. The van der Waals surface area contributed by atoms with Crippen molar-refractivity contribution in [3.63, 3.8) is 0 Å². The highest BCUT2D eigenvalue weighted by Crippen LogP contribution is 2.38. The van der Waals surface area contributed by atoms with E-state index in [0.717, 1.165) is 23.3 Å². The summed E-state index contributed by atoms with van der Waals surface area (Å²) in [5.41, 5.74) is 2.97. The summed E-state index contributed by atoms with van der Waals surface area (Å²) < 4.78 is 11.5. The van der Waals surface area contributed by atoms with Crippen molar-refractivity contribution in [1.29, 1.82) is 0 Å². The van der Waals surface area contributed by atoms with Crippen LogP contribution in [0.1, 0.15) is 44.2 Å². The van der Waals surface area contributed by atoms with Crippen LogP contribution in [0.2, 0.25) is 0 Å². The summed E-state index contributed by atoms with van der Waals surface area (Å²) in [6, 6.07) is 13.9. The van der Waals surface area contributed by atoms with Gasteiger partial charge in [-0.05, 0) is 31.4 Å². The molecule has 0 aliphatic carbocycles. The van der Waals surface area contributed by atoms with E-state index in [1.54, 1.807) is 0 Å². The maximum atomic E-state index is 12.5. The molecule has 0 fully saturated rings. The first-order valence-electron chi connectivity index (χ1n) is 8.88. The molecule has 0 unspecified atom stereocenters. The van der Waals surface area contributed by atoms with Gasteiger partial charge in [0.2, 0.25) is 5.91 Å². The minimum atomic E-state index is -0.0247. The zero-order valence-corrected chi connectivity index (χ0v) is 15.0. The quantitative estimate of drug-likeness (QED) is 0.840. The number of hydrogen-bond acceptors (Lipinski definition) is 3. The van der Waals surface area contributed by atoms with Crippen LogP contribution in [-0.4, -0.2) is 18.6 Å². The second kappa shape index (κ2) is 7.60. The molecule has 4 heteroatoms. The van der Waals surface area contributed by atoms with E-state index in [9.17, 15) is 4.79 Å². The normalized spacial score (nSPS) is 16.7. The third-order valence-corrected chi connectivity index (χ3v) is 4.43. The monoisotopic (exact) mass is 339 g/mol. The number of carbonyl (C=O) groups is 1. The molecule has 0 bridgehead atoms. The van der Waals surface area contributed by atoms with Crippen molar-refractivity contribution in [3.05, 3.63) is 53.6 Å². The summed E-state index contributed by atoms with van der Waals surface area (Å²) >= 11 is 0. The van der Waals surface area contributed by atoms with Crippen molar-refractivity contribution in [2.24, 2.45) is 0 Å². The van der Waals surface area contributed by atoms with E-state index in [4.69, 9.17) is 9.47 Å². The Labute approximate surface area is 149 Å². The molecule has 3 rings (SSSR count). The third kappa shape index (κ3) is 4.13. The Morgan fingerprint density at radius 2 is 2.08 bits per heavy atom. The molecule has 25 heavy (non-hydrogen) atoms. The summed E-state index contributed by atoms with van der Waals surface area (Å²) in [4.78, 5) is 12.5. The fourth-order valence-electron chi connectivity index (χ4n) is 3.19. The second-order valence-electron chi connectivity index (χ2n) is 6.59. The molecule has 0 aromatic heterocycles. The number of benzene rings is 2. The Morgan fingerprint density at radius 1 is 1.32 bits per heavy atom. The minimum absolute atomic E-state index is 0.0247. The summed E-state index contributed by atoms with van der Waals surface area (Å²) in [5.74, 6) is 1.67. The average Bonchev–Trinajstić information content (AvgIpc) is 2.95. The predicted octanol–water partition coefficient (Wildman–Crippen LogP) is 4.54. The van der Waals surface area contributed by atoms with E-state index in [1.807, 2.05) is 56.3 Å². The molecular weight excluding hydrogens is 314 g/mol. The molecule has 0 saturated carbocycles. The van der Waals surface area contributed by atoms with Gasteiger partial charge in [0.05, 0.1) is 12.3 Å². The van der Waals surface area contributed by atoms with Crippen LogP contribution in [0, 0.1) is 0 Å². The van der Waals surface area contributed by atoms with E-state index in [-0.39, 0.29) is 17.9 Å². The van der Waals surface area contributed by atoms with Crippen LogP contribution in [-0.2, 0) is 11.2 Å². The molecule has 0 saturated heterocycles. The van der Waals surface area contributed by atoms with Gasteiger partial charge in [0.1, 0.15) is 17.6 Å². The van der Waals surface area contributed by atoms with Crippen LogP contribution in [0.5, 0.6) is 11.5 Å². The summed E-state index contributed by atoms with van der Waals surface area (Å²) in [5, 5.41) is 3.00. The van der Waals surface area contributed by atoms with Gasteiger partial charge in [0, 0.05) is 24.5 Å². The lowest BCUT2D eigenvalue weighted by molar-refractivity contribution is -0.116. The number of hydrogen-bond donors (Lipinski definition) is 1. The molecule has 1 aliphatic heterocycles. The van der Waals surface area contributed by atoms with Crippen molar-refractivity contribution < 1.29 is 14.3 Å². The number of fused-ring (bicyclic) bond motifs is 1. The molecule has 0 spiro atoms. The summed E-state index contributed by atoms with van der Waals surface area (Å²) in [6.07, 6.45) is 1.45. The highest BCUT2D eigenvalue weighted by molar-refractivity contribution is 5.93. The first-order valence-corrected chi connectivity index (χ1v) is 8.88. The second-order valence-corrected chi connectivity index (χ2v) is 6.59. The van der Waals surface area contributed by atoms with Gasteiger partial charge in [-0.1, -0.05) is 37.3 Å². The Morgan fingerprint density at radius 3 is 2.80 bits per heavy atom. The predicted molar refractivity (Wildman–Crippen MR) is 99.5 cm³/mol. The Kier molecular flexibility index (Phi) is 5.27. The maximum absolute atomic E-state index is 12.5. The molecule has 2 atom stereocenters. The van der Waals surface area contributed by atoms with Crippen LogP contribution in [0.15, 0.2) is 42.5 Å². The number of ether oxygens (including phenoxy) is 2. The van der Waals surface area contributed by atoms with E-state index in [0.29, 0.717) is 24.5 Å². The van der Waals surface area contributed by atoms with Crippen molar-refractivity contribution in [2.75, 3.05) is 11.9 Å². The van der Waals surface area contributed by atoms with Gasteiger partial charge in [0.15, 0.2) is 0 Å². The van der Waals surface area contributed by atoms with Crippen molar-refractivity contribution >= 4 is 11.6 Å². The standard InChI is InChI=1S/C21H25NO3/c1-4-24-20-12-17-11-15(3)25-19(17)13-18(20)22-21(23)10-14(2)16-8-6-5-7-9-16/h5-9,12-15H,4,10-11H2,1-3H3,(H,22,23)/t14-,15+/m1/s1. The smallest absolute Gasteiger partial charge is 0.225 e. The van der Waals surface area contributed by atoms with E-state index in [1.165, 1.54) is 0 Å². The first kappa shape index (κ1) is 17.3.